The fourth-order valence-corrected chi connectivity index (χ4v) is 14.1. The van der Waals surface area contributed by atoms with Gasteiger partial charge in [0.2, 0.25) is 13.5 Å². The predicted octanol–water partition coefficient (Wildman–Crippen LogP) is 17.2. The summed E-state index contributed by atoms with van der Waals surface area (Å²) in [5.41, 5.74) is 6.42. The Morgan fingerprint density at radius 2 is 0.976 bits per heavy atom. The van der Waals surface area contributed by atoms with Gasteiger partial charge in [0.1, 0.15) is 21.7 Å². The van der Waals surface area contributed by atoms with Crippen molar-refractivity contribution in [2.75, 3.05) is 90.5 Å². The van der Waals surface area contributed by atoms with Crippen LogP contribution in [0.4, 0.5) is 32.8 Å². The maximum Gasteiger partial charge on any atom is 0.315 e. The maximum absolute atomic E-state index is 13.6. The summed E-state index contributed by atoms with van der Waals surface area (Å²) in [7, 11) is 4.46. The van der Waals surface area contributed by atoms with Crippen molar-refractivity contribution in [2.45, 2.75) is 196 Å². The molecule has 0 aliphatic carbocycles. The van der Waals surface area contributed by atoms with Crippen molar-refractivity contribution in [1.82, 2.24) is 9.80 Å². The summed E-state index contributed by atoms with van der Waals surface area (Å²) in [5, 5.41) is 9.81. The molecule has 0 unspecified atom stereocenters. The molecule has 0 spiro atoms. The highest BCUT2D eigenvalue weighted by molar-refractivity contribution is 7.17. The monoisotopic (exact) mass is 1160 g/mol. The highest BCUT2D eigenvalue weighted by Crippen LogP contribution is 2.43. The number of piperazine rings is 2. The molecule has 0 amide bonds. The zero-order valence-electron chi connectivity index (χ0n) is 52.2. The maximum atomic E-state index is 13.6. The number of likely N-dealkylation sites (N-methyl/N-ethyl adjacent to an activating group) is 2. The molecular weight excluding hydrogens is 1060 g/mol. The number of para-hydroxylation sites is 2. The summed E-state index contributed by atoms with van der Waals surface area (Å²) in [6, 6.07) is 19.7. The number of aryl methyl sites for hydroxylation is 1. The number of esters is 2. The molecule has 0 atom stereocenters. The Balaban J connectivity index is 0.860. The normalized spacial score (nSPS) is 16.5. The van der Waals surface area contributed by atoms with Gasteiger partial charge in [-0.2, -0.15) is 0 Å². The third kappa shape index (κ3) is 17.7. The molecule has 0 bridgehead atoms. The Labute approximate surface area is 502 Å². The third-order valence-electron chi connectivity index (χ3n) is 18.1. The minimum absolute atomic E-state index is 0.0689. The smallest absolute Gasteiger partial charge is 0.315 e. The number of nitrogens with zero attached hydrogens (tertiary/aromatic N) is 6. The van der Waals surface area contributed by atoms with Gasteiger partial charge in [-0.1, -0.05) is 160 Å². The summed E-state index contributed by atoms with van der Waals surface area (Å²) in [5.74, 6) is 1.86. The molecule has 2 aromatic carbocycles. The van der Waals surface area contributed by atoms with Gasteiger partial charge >= 0.3 is 11.9 Å². The molecule has 6 heterocycles. The number of aliphatic imine (C=N–C) groups is 2. The minimum Gasteiger partial charge on any atom is -0.415 e. The first-order valence-corrected chi connectivity index (χ1v) is 33.8. The van der Waals surface area contributed by atoms with Gasteiger partial charge in [0.25, 0.3) is 0 Å². The Morgan fingerprint density at radius 1 is 0.549 bits per heavy atom. The molecule has 4 aliphatic rings. The van der Waals surface area contributed by atoms with Crippen molar-refractivity contribution in [3.63, 3.8) is 0 Å². The van der Waals surface area contributed by atoms with Gasteiger partial charge in [0, 0.05) is 16.2 Å². The number of nitrogens with one attached hydrogen (secondary N) is 2. The highest BCUT2D eigenvalue weighted by Gasteiger charge is 2.38. The minimum atomic E-state index is -0.482. The van der Waals surface area contributed by atoms with Crippen LogP contribution < -0.4 is 10.6 Å². The van der Waals surface area contributed by atoms with Gasteiger partial charge in [-0.15, -0.1) is 22.7 Å². The Kier molecular flexibility index (Phi) is 23.0. The molecule has 4 aromatic rings. The van der Waals surface area contributed by atoms with Crippen LogP contribution >= 0.6 is 22.7 Å². The fourth-order valence-electron chi connectivity index (χ4n) is 12.1. The first-order chi connectivity index (χ1) is 39.5. The highest BCUT2D eigenvalue weighted by atomic mass is 32.1. The van der Waals surface area contributed by atoms with E-state index in [1.54, 1.807) is 22.7 Å². The average molecular weight is 1160 g/mol. The third-order valence-corrected chi connectivity index (χ3v) is 20.1. The van der Waals surface area contributed by atoms with Crippen molar-refractivity contribution in [3.05, 3.63) is 81.0 Å². The van der Waals surface area contributed by atoms with E-state index < -0.39 is 10.8 Å². The lowest BCUT2D eigenvalue weighted by Crippen LogP contribution is -2.59. The first-order valence-electron chi connectivity index (χ1n) is 32.2. The molecule has 2 saturated heterocycles. The van der Waals surface area contributed by atoms with E-state index in [9.17, 15) is 9.59 Å². The van der Waals surface area contributed by atoms with Crippen LogP contribution in [-0.2, 0) is 25.5 Å². The van der Waals surface area contributed by atoms with Crippen molar-refractivity contribution in [2.24, 2.45) is 20.8 Å². The second-order valence-corrected chi connectivity index (χ2v) is 29.0. The number of benzene rings is 2. The molecule has 2 N–H and O–H groups in total. The average Bonchev–Trinajstić information content (AvgIpc) is 3.95. The van der Waals surface area contributed by atoms with E-state index in [2.05, 4.69) is 138 Å². The van der Waals surface area contributed by atoms with Crippen LogP contribution in [0.1, 0.15) is 209 Å². The topological polar surface area (TPSA) is 108 Å². The van der Waals surface area contributed by atoms with Crippen LogP contribution in [0.25, 0.3) is 0 Å². The van der Waals surface area contributed by atoms with Gasteiger partial charge in [0.15, 0.2) is 0 Å². The quantitative estimate of drug-likeness (QED) is 0.0302. The van der Waals surface area contributed by atoms with E-state index in [0.717, 1.165) is 140 Å². The van der Waals surface area contributed by atoms with E-state index in [0.29, 0.717) is 22.4 Å². The summed E-state index contributed by atoms with van der Waals surface area (Å²) >= 11 is 3.58. The molecule has 4 aliphatic heterocycles. The van der Waals surface area contributed by atoms with E-state index in [1.807, 2.05) is 0 Å². The van der Waals surface area contributed by atoms with Crippen LogP contribution in [0, 0.1) is 17.8 Å². The first kappa shape index (κ1) is 63.3. The number of fused-ring (bicyclic) bond motifs is 4. The Hall–Kier alpha value is -4.76. The van der Waals surface area contributed by atoms with Crippen LogP contribution in [0.2, 0.25) is 0 Å². The Morgan fingerprint density at radius 3 is 1.48 bits per heavy atom. The number of carbonyl (C=O) groups is 2. The lowest BCUT2D eigenvalue weighted by Gasteiger charge is -2.42. The lowest BCUT2D eigenvalue weighted by atomic mass is 9.87. The second kappa shape index (κ2) is 29.9. The zero-order chi connectivity index (χ0) is 58.2. The molecule has 0 radical (unpaired) electrons. The standard InChI is InChI=1S/C68H104N8O4S2/c1-10-12-14-16-18-20-21-22-23-25-27-31-37-68(6,7)66(78)79-50-75(8)42-38-73(39-43-75)61-55-46-52(3)81-63(55)72-59-35-34-53(48-60(59)70-61)47-54-49-56-62(69-57-32-28-29-33-58(57)71-64(56)82-54)74-40-44-76(9,45-41-74)51-80-65(77)67(4,5)36-30-26-24-19-17-15-13-11-2/h28-29,32-35,46,48-49,71-72H,10-27,30-31,36-45,47,50-51H2,1-9H3/q+2. The number of hydrogen-bond donors (Lipinski definition) is 2. The Bertz CT molecular complexity index is 2760. The van der Waals surface area contributed by atoms with E-state index >= 15 is 0 Å². The number of hydrogen-bond acceptors (Lipinski definition) is 12. The van der Waals surface area contributed by atoms with E-state index in [1.165, 1.54) is 131 Å². The number of quaternary nitrogens is 2. The van der Waals surface area contributed by atoms with Gasteiger partial charge in [-0.25, -0.2) is 9.98 Å². The summed E-state index contributed by atoms with van der Waals surface area (Å²) < 4.78 is 13.7. The fraction of sp³-hybridized carbons (Fsp3) is 0.647. The van der Waals surface area contributed by atoms with Gasteiger partial charge in [-0.3, -0.25) is 18.6 Å². The van der Waals surface area contributed by atoms with Crippen LogP contribution in [0.3, 0.4) is 0 Å². The number of rotatable bonds is 30. The van der Waals surface area contributed by atoms with Crippen LogP contribution in [0.5, 0.6) is 0 Å². The number of amidine groups is 2. The van der Waals surface area contributed by atoms with Gasteiger partial charge in [0.05, 0.1) is 111 Å². The van der Waals surface area contributed by atoms with Gasteiger partial charge in [-0.05, 0) is 89.4 Å². The molecule has 0 saturated carbocycles. The van der Waals surface area contributed by atoms with Crippen molar-refractivity contribution in [1.29, 1.82) is 0 Å². The van der Waals surface area contributed by atoms with Gasteiger partial charge < -0.3 is 29.9 Å². The molecule has 2 fully saturated rings. The molecule has 2 aromatic heterocycles. The molecule has 14 heteroatoms. The number of thiophene rings is 2. The number of unbranched alkanes of at least 4 members (excludes halogenated alkanes) is 18. The largest absolute Gasteiger partial charge is 0.415 e. The molecule has 450 valence electrons. The van der Waals surface area contributed by atoms with Crippen molar-refractivity contribution < 1.29 is 28.0 Å². The van der Waals surface area contributed by atoms with Crippen molar-refractivity contribution >= 4 is 79.0 Å². The SMILES string of the molecule is CCCCCCCCCCCCCCC(C)(C)C(=O)OC[N+]1(C)CCN(C2=Nc3cc(Cc4cc5c(s4)Nc4ccccc4N=C5N4CC[N+](C)(COC(=O)C(C)(C)CCCCCCCCCC)CC4)ccc3Nc3sc(C)cc32)CC1. The number of anilines is 4. The van der Waals surface area contributed by atoms with Crippen LogP contribution in [-0.4, -0.2) is 122 Å². The summed E-state index contributed by atoms with van der Waals surface area (Å²) in [6.07, 6.45) is 28.4. The van der Waals surface area contributed by atoms with Crippen LogP contribution in [0.15, 0.2) is 64.6 Å². The zero-order valence-corrected chi connectivity index (χ0v) is 53.8. The molecule has 12 nitrogen and oxygen atoms in total. The van der Waals surface area contributed by atoms with E-state index in [-0.39, 0.29) is 11.9 Å². The molecule has 82 heavy (non-hydrogen) atoms. The molecule has 8 rings (SSSR count). The number of ether oxygens (including phenoxy) is 2. The molecular formula is C68H104N8O4S2+2. The predicted molar refractivity (Wildman–Crippen MR) is 345 cm³/mol. The summed E-state index contributed by atoms with van der Waals surface area (Å²) in [6.45, 7) is 22.4. The second-order valence-electron chi connectivity index (χ2n) is 26.6. The van der Waals surface area contributed by atoms with E-state index in [4.69, 9.17) is 19.5 Å². The van der Waals surface area contributed by atoms with Crippen molar-refractivity contribution in [3.8, 4) is 0 Å². The summed E-state index contributed by atoms with van der Waals surface area (Å²) in [4.78, 5) is 45.4. The number of carbonyl (C=O) groups excluding carboxylic acids is 2. The lowest BCUT2D eigenvalue weighted by molar-refractivity contribution is -0.929.